The molecule has 0 fully saturated rings. The summed E-state index contributed by atoms with van der Waals surface area (Å²) in [4.78, 5) is 16.2. The highest BCUT2D eigenvalue weighted by Crippen LogP contribution is 2.24. The van der Waals surface area contributed by atoms with Gasteiger partial charge in [0.25, 0.3) is 5.91 Å². The van der Waals surface area contributed by atoms with Gasteiger partial charge >= 0.3 is 0 Å². The molecule has 1 amide bonds. The average molecular weight is 301 g/mol. The average Bonchev–Trinajstić information content (AvgIpc) is 3.09. The highest BCUT2D eigenvalue weighted by atomic mass is 32.1. The summed E-state index contributed by atoms with van der Waals surface area (Å²) in [6.45, 7) is 2.99. The first-order chi connectivity index (χ1) is 10.2. The van der Waals surface area contributed by atoms with E-state index in [1.165, 1.54) is 0 Å². The number of nitrogens with zero attached hydrogens (tertiary/aromatic N) is 2. The number of para-hydroxylation sites is 1. The number of hydrogen-bond donors (Lipinski definition) is 3. The lowest BCUT2D eigenvalue weighted by atomic mass is 10.3. The number of amides is 1. The van der Waals surface area contributed by atoms with E-state index >= 15 is 0 Å². The van der Waals surface area contributed by atoms with Crippen molar-refractivity contribution in [2.75, 3.05) is 18.4 Å². The maximum Gasteiger partial charge on any atom is 0.271 e. The Bertz CT molecular complexity index is 730. The lowest BCUT2D eigenvalue weighted by molar-refractivity contribution is 0.0950. The van der Waals surface area contributed by atoms with Crippen molar-refractivity contribution < 1.29 is 4.79 Å². The molecule has 1 aromatic carbocycles. The molecule has 3 N–H and O–H groups in total. The lowest BCUT2D eigenvalue weighted by Crippen LogP contribution is -2.29. The van der Waals surface area contributed by atoms with Crippen molar-refractivity contribution in [1.29, 1.82) is 0 Å². The Kier molecular flexibility index (Phi) is 3.83. The molecule has 3 aromatic rings. The fourth-order valence-electron chi connectivity index (χ4n) is 1.92. The summed E-state index contributed by atoms with van der Waals surface area (Å²) < 4.78 is 1.15. The number of anilines is 1. The second-order valence-corrected chi connectivity index (χ2v) is 5.64. The molecule has 0 spiro atoms. The van der Waals surface area contributed by atoms with Gasteiger partial charge in [0.15, 0.2) is 5.13 Å². The predicted octanol–water partition coefficient (Wildman–Crippen LogP) is 2.17. The smallest absolute Gasteiger partial charge is 0.271 e. The summed E-state index contributed by atoms with van der Waals surface area (Å²) in [5.41, 5.74) is 2.27. The van der Waals surface area contributed by atoms with Crippen molar-refractivity contribution in [1.82, 2.24) is 20.5 Å². The lowest BCUT2D eigenvalue weighted by Gasteiger charge is -2.03. The fraction of sp³-hybridized carbons (Fsp3) is 0.214. The van der Waals surface area contributed by atoms with Crippen LogP contribution in [0.3, 0.4) is 0 Å². The number of aromatic amines is 1. The van der Waals surface area contributed by atoms with E-state index in [1.807, 2.05) is 31.2 Å². The van der Waals surface area contributed by atoms with Gasteiger partial charge in [-0.3, -0.25) is 9.89 Å². The van der Waals surface area contributed by atoms with Crippen LogP contribution in [0.5, 0.6) is 0 Å². The van der Waals surface area contributed by atoms with Crippen molar-refractivity contribution in [3.05, 3.63) is 41.7 Å². The van der Waals surface area contributed by atoms with E-state index in [0.717, 1.165) is 21.0 Å². The molecule has 0 unspecified atom stereocenters. The molecule has 0 radical (unpaired) electrons. The molecule has 0 aliphatic rings. The molecule has 21 heavy (non-hydrogen) atoms. The molecule has 0 aliphatic carbocycles. The van der Waals surface area contributed by atoms with Crippen LogP contribution in [0.15, 0.2) is 30.3 Å². The van der Waals surface area contributed by atoms with Gasteiger partial charge in [-0.25, -0.2) is 4.98 Å². The van der Waals surface area contributed by atoms with E-state index in [1.54, 1.807) is 17.4 Å². The van der Waals surface area contributed by atoms with Crippen LogP contribution in [0.4, 0.5) is 5.13 Å². The summed E-state index contributed by atoms with van der Waals surface area (Å²) in [7, 11) is 0. The van der Waals surface area contributed by atoms with Crippen LogP contribution in [0.1, 0.15) is 16.2 Å². The minimum Gasteiger partial charge on any atom is -0.360 e. The number of benzene rings is 1. The van der Waals surface area contributed by atoms with Crippen molar-refractivity contribution in [2.24, 2.45) is 0 Å². The Labute approximate surface area is 125 Å². The van der Waals surface area contributed by atoms with Gasteiger partial charge in [-0.15, -0.1) is 0 Å². The maximum atomic E-state index is 11.8. The second-order valence-electron chi connectivity index (χ2n) is 4.61. The Morgan fingerprint density at radius 2 is 2.19 bits per heavy atom. The molecule has 0 atom stereocenters. The SMILES string of the molecule is Cc1cc(C(=O)NCCNc2nc3ccccc3s2)n[nH]1. The number of aryl methyl sites for hydroxylation is 1. The molecule has 3 rings (SSSR count). The third-order valence-electron chi connectivity index (χ3n) is 2.92. The summed E-state index contributed by atoms with van der Waals surface area (Å²) in [5, 5.41) is 13.5. The van der Waals surface area contributed by atoms with Crippen LogP contribution in [0.2, 0.25) is 0 Å². The van der Waals surface area contributed by atoms with Crippen molar-refractivity contribution in [2.45, 2.75) is 6.92 Å². The summed E-state index contributed by atoms with van der Waals surface area (Å²) >= 11 is 1.60. The Balaban J connectivity index is 1.49. The molecule has 2 aromatic heterocycles. The summed E-state index contributed by atoms with van der Waals surface area (Å²) in [5.74, 6) is -0.176. The molecule has 0 saturated heterocycles. The minimum absolute atomic E-state index is 0.176. The molecule has 7 heteroatoms. The third kappa shape index (κ3) is 3.19. The number of rotatable bonds is 5. The number of aromatic nitrogens is 3. The van der Waals surface area contributed by atoms with Crippen LogP contribution in [-0.4, -0.2) is 34.2 Å². The Morgan fingerprint density at radius 1 is 1.33 bits per heavy atom. The van der Waals surface area contributed by atoms with Crippen LogP contribution in [0, 0.1) is 6.92 Å². The first-order valence-corrected chi connectivity index (χ1v) is 7.44. The number of hydrogen-bond acceptors (Lipinski definition) is 5. The van der Waals surface area contributed by atoms with Gasteiger partial charge in [0.2, 0.25) is 0 Å². The van der Waals surface area contributed by atoms with Gasteiger partial charge in [0.05, 0.1) is 10.2 Å². The molecule has 0 aliphatic heterocycles. The normalized spacial score (nSPS) is 10.7. The summed E-state index contributed by atoms with van der Waals surface area (Å²) in [6, 6.07) is 9.71. The van der Waals surface area contributed by atoms with Crippen molar-refractivity contribution in [3.8, 4) is 0 Å². The molecule has 108 valence electrons. The van der Waals surface area contributed by atoms with E-state index in [9.17, 15) is 4.79 Å². The molecule has 0 bridgehead atoms. The number of carbonyl (C=O) groups is 1. The van der Waals surface area contributed by atoms with E-state index in [4.69, 9.17) is 0 Å². The maximum absolute atomic E-state index is 11.8. The zero-order valence-corrected chi connectivity index (χ0v) is 12.3. The highest BCUT2D eigenvalue weighted by molar-refractivity contribution is 7.22. The number of thiazole rings is 1. The number of H-pyrrole nitrogens is 1. The van der Waals surface area contributed by atoms with Gasteiger partial charge in [0, 0.05) is 18.8 Å². The monoisotopic (exact) mass is 301 g/mol. The molecular formula is C14H15N5OS. The van der Waals surface area contributed by atoms with Gasteiger partial charge in [-0.2, -0.15) is 5.10 Å². The quantitative estimate of drug-likeness (QED) is 0.631. The van der Waals surface area contributed by atoms with E-state index in [-0.39, 0.29) is 5.91 Å². The third-order valence-corrected chi connectivity index (χ3v) is 3.91. The molecule has 6 nitrogen and oxygen atoms in total. The molecule has 2 heterocycles. The van der Waals surface area contributed by atoms with Crippen LogP contribution >= 0.6 is 11.3 Å². The number of fused-ring (bicyclic) bond motifs is 1. The van der Waals surface area contributed by atoms with Gasteiger partial charge in [0.1, 0.15) is 5.69 Å². The highest BCUT2D eigenvalue weighted by Gasteiger charge is 2.08. The molecular weight excluding hydrogens is 286 g/mol. The molecule has 0 saturated carbocycles. The first kappa shape index (κ1) is 13.6. The van der Waals surface area contributed by atoms with Crippen molar-refractivity contribution in [3.63, 3.8) is 0 Å². The van der Waals surface area contributed by atoms with E-state index < -0.39 is 0 Å². The zero-order chi connectivity index (χ0) is 14.7. The Hall–Kier alpha value is -2.41. The zero-order valence-electron chi connectivity index (χ0n) is 11.5. The largest absolute Gasteiger partial charge is 0.360 e. The topological polar surface area (TPSA) is 82.7 Å². The van der Waals surface area contributed by atoms with Crippen LogP contribution in [-0.2, 0) is 0 Å². The summed E-state index contributed by atoms with van der Waals surface area (Å²) in [6.07, 6.45) is 0. The van der Waals surface area contributed by atoms with Crippen molar-refractivity contribution >= 4 is 32.6 Å². The second kappa shape index (κ2) is 5.92. The number of nitrogens with one attached hydrogen (secondary N) is 3. The Morgan fingerprint density at radius 3 is 2.95 bits per heavy atom. The van der Waals surface area contributed by atoms with Gasteiger partial charge in [-0.1, -0.05) is 23.5 Å². The van der Waals surface area contributed by atoms with Crippen LogP contribution < -0.4 is 10.6 Å². The van der Waals surface area contributed by atoms with Gasteiger partial charge < -0.3 is 10.6 Å². The van der Waals surface area contributed by atoms with E-state index in [2.05, 4.69) is 25.8 Å². The number of carbonyl (C=O) groups excluding carboxylic acids is 1. The minimum atomic E-state index is -0.176. The van der Waals surface area contributed by atoms with Gasteiger partial charge in [-0.05, 0) is 25.1 Å². The van der Waals surface area contributed by atoms with E-state index in [0.29, 0.717) is 18.8 Å². The van der Waals surface area contributed by atoms with Crippen LogP contribution in [0.25, 0.3) is 10.2 Å². The standard InChI is InChI=1S/C14H15N5OS/c1-9-8-11(19-18-9)13(20)15-6-7-16-14-17-10-4-2-3-5-12(10)21-14/h2-5,8H,6-7H2,1H3,(H,15,20)(H,16,17)(H,18,19). The predicted molar refractivity (Wildman–Crippen MR) is 83.8 cm³/mol. The first-order valence-electron chi connectivity index (χ1n) is 6.62. The fourth-order valence-corrected chi connectivity index (χ4v) is 2.81.